The quantitative estimate of drug-likeness (QED) is 0.896. The van der Waals surface area contributed by atoms with Gasteiger partial charge in [-0.2, -0.15) is 0 Å². The second-order valence-electron chi connectivity index (χ2n) is 7.10. The van der Waals surface area contributed by atoms with Crippen LogP contribution in [0.15, 0.2) is 0 Å². The maximum Gasteiger partial charge on any atom is 0.264 e. The monoisotopic (exact) mass is 311 g/mol. The molecule has 0 unspecified atom stereocenters. The number of amides is 1. The Hall–Kier alpha value is -1.01. The van der Waals surface area contributed by atoms with Crippen LogP contribution in [-0.4, -0.2) is 33.8 Å². The van der Waals surface area contributed by atoms with Crippen molar-refractivity contribution in [3.63, 3.8) is 0 Å². The molecule has 21 heavy (non-hydrogen) atoms. The highest BCUT2D eigenvalue weighted by Gasteiger charge is 2.33. The second kappa shape index (κ2) is 6.40. The molecule has 2 N–H and O–H groups in total. The van der Waals surface area contributed by atoms with E-state index < -0.39 is 0 Å². The van der Waals surface area contributed by atoms with Crippen molar-refractivity contribution in [2.45, 2.75) is 58.3 Å². The number of aliphatic hydroxyl groups is 1. The number of nitrogens with zero attached hydrogens (tertiary/aromatic N) is 2. The predicted octanol–water partition coefficient (Wildman–Crippen LogP) is 2.51. The van der Waals surface area contributed by atoms with Gasteiger partial charge in [-0.3, -0.25) is 4.79 Å². The van der Waals surface area contributed by atoms with Crippen molar-refractivity contribution in [1.29, 1.82) is 0 Å². The Balaban J connectivity index is 2.03. The molecule has 1 amide bonds. The molecule has 1 aromatic rings. The summed E-state index contributed by atoms with van der Waals surface area (Å²) in [5.74, 6) is -0.117. The molecule has 0 saturated heterocycles. The van der Waals surface area contributed by atoms with E-state index in [1.54, 1.807) is 0 Å². The zero-order chi connectivity index (χ0) is 15.5. The van der Waals surface area contributed by atoms with Gasteiger partial charge in [0, 0.05) is 17.4 Å². The van der Waals surface area contributed by atoms with Crippen molar-refractivity contribution in [1.82, 2.24) is 14.9 Å². The summed E-state index contributed by atoms with van der Waals surface area (Å²) >= 11 is 1.14. The fourth-order valence-corrected chi connectivity index (χ4v) is 3.66. The van der Waals surface area contributed by atoms with Crippen molar-refractivity contribution >= 4 is 17.4 Å². The fraction of sp³-hybridized carbons (Fsp3) is 0.800. The third-order valence-electron chi connectivity index (χ3n) is 4.28. The van der Waals surface area contributed by atoms with E-state index in [9.17, 15) is 9.90 Å². The third kappa shape index (κ3) is 3.80. The van der Waals surface area contributed by atoms with Crippen LogP contribution in [0.25, 0.3) is 0 Å². The first-order valence-corrected chi connectivity index (χ1v) is 8.37. The lowest BCUT2D eigenvalue weighted by molar-refractivity contribution is 0.0719. The van der Waals surface area contributed by atoms with E-state index >= 15 is 0 Å². The number of aliphatic hydroxyl groups excluding tert-OH is 1. The molecule has 1 heterocycles. The number of aromatic nitrogens is 2. The van der Waals surface area contributed by atoms with E-state index in [1.165, 1.54) is 6.42 Å². The normalized spacial score (nSPS) is 18.5. The molecule has 1 fully saturated rings. The second-order valence-corrected chi connectivity index (χ2v) is 7.86. The standard InChI is InChI=1S/C15H25N3O2S/c1-14(2,3)12-11(21-18-17-12)13(20)16-9-15(10-19)7-5-4-6-8-15/h19H,4-10H2,1-3H3,(H,16,20). The van der Waals surface area contributed by atoms with Gasteiger partial charge in [0.2, 0.25) is 0 Å². The highest BCUT2D eigenvalue weighted by atomic mass is 32.1. The Labute approximate surface area is 130 Å². The van der Waals surface area contributed by atoms with E-state index in [-0.39, 0.29) is 23.3 Å². The molecule has 1 saturated carbocycles. The van der Waals surface area contributed by atoms with Gasteiger partial charge in [0.25, 0.3) is 5.91 Å². The first kappa shape index (κ1) is 16.4. The van der Waals surface area contributed by atoms with Crippen LogP contribution >= 0.6 is 11.5 Å². The first-order valence-electron chi connectivity index (χ1n) is 7.60. The van der Waals surface area contributed by atoms with Crippen LogP contribution in [-0.2, 0) is 5.41 Å². The topological polar surface area (TPSA) is 75.1 Å². The summed E-state index contributed by atoms with van der Waals surface area (Å²) < 4.78 is 3.92. The van der Waals surface area contributed by atoms with Gasteiger partial charge in [-0.1, -0.05) is 44.5 Å². The largest absolute Gasteiger partial charge is 0.396 e. The van der Waals surface area contributed by atoms with Crippen molar-refractivity contribution < 1.29 is 9.90 Å². The molecule has 5 nitrogen and oxygen atoms in total. The average molecular weight is 311 g/mol. The Bertz CT molecular complexity index is 487. The molecule has 1 aromatic heterocycles. The molecular formula is C15H25N3O2S. The minimum absolute atomic E-state index is 0.117. The third-order valence-corrected chi connectivity index (χ3v) is 5.00. The van der Waals surface area contributed by atoms with Crippen LogP contribution in [0, 0.1) is 5.41 Å². The van der Waals surface area contributed by atoms with Crippen molar-refractivity contribution in [3.8, 4) is 0 Å². The maximum absolute atomic E-state index is 12.4. The van der Waals surface area contributed by atoms with Gasteiger partial charge in [-0.15, -0.1) is 5.10 Å². The zero-order valence-electron chi connectivity index (χ0n) is 13.1. The lowest BCUT2D eigenvalue weighted by Crippen LogP contribution is -2.41. The van der Waals surface area contributed by atoms with Gasteiger partial charge in [0.15, 0.2) is 0 Å². The van der Waals surface area contributed by atoms with E-state index in [0.29, 0.717) is 11.4 Å². The Kier molecular flexibility index (Phi) is 4.99. The number of nitrogens with one attached hydrogen (secondary N) is 1. The summed E-state index contributed by atoms with van der Waals surface area (Å²) in [5.41, 5.74) is 0.402. The van der Waals surface area contributed by atoms with Crippen LogP contribution < -0.4 is 5.32 Å². The number of hydrogen-bond donors (Lipinski definition) is 2. The van der Waals surface area contributed by atoms with Crippen molar-refractivity contribution in [2.75, 3.05) is 13.2 Å². The lowest BCUT2D eigenvalue weighted by atomic mass is 9.74. The summed E-state index contributed by atoms with van der Waals surface area (Å²) in [6.45, 7) is 6.74. The van der Waals surface area contributed by atoms with Gasteiger partial charge < -0.3 is 10.4 Å². The van der Waals surface area contributed by atoms with Crippen LogP contribution in [0.2, 0.25) is 0 Å². The SMILES string of the molecule is CC(C)(C)c1nnsc1C(=O)NCC1(CO)CCCCC1. The summed E-state index contributed by atoms with van der Waals surface area (Å²) in [6, 6.07) is 0. The molecule has 118 valence electrons. The van der Waals surface area contributed by atoms with E-state index in [0.717, 1.165) is 42.9 Å². The predicted molar refractivity (Wildman–Crippen MR) is 83.5 cm³/mol. The number of carbonyl (C=O) groups is 1. The lowest BCUT2D eigenvalue weighted by Gasteiger charge is -2.35. The van der Waals surface area contributed by atoms with Crippen LogP contribution in [0.1, 0.15) is 68.2 Å². The molecule has 0 atom stereocenters. The molecule has 6 heteroatoms. The molecule has 0 bridgehead atoms. The average Bonchev–Trinajstić information content (AvgIpc) is 2.95. The van der Waals surface area contributed by atoms with Gasteiger partial charge in [-0.05, 0) is 24.4 Å². The van der Waals surface area contributed by atoms with Crippen LogP contribution in [0.5, 0.6) is 0 Å². The smallest absolute Gasteiger partial charge is 0.264 e. The summed E-state index contributed by atoms with van der Waals surface area (Å²) in [7, 11) is 0. The Morgan fingerprint density at radius 1 is 1.33 bits per heavy atom. The summed E-state index contributed by atoms with van der Waals surface area (Å²) in [6.07, 6.45) is 5.45. The minimum atomic E-state index is -0.195. The van der Waals surface area contributed by atoms with Crippen LogP contribution in [0.4, 0.5) is 0 Å². The van der Waals surface area contributed by atoms with E-state index in [4.69, 9.17) is 0 Å². The molecule has 1 aliphatic carbocycles. The Morgan fingerprint density at radius 3 is 2.57 bits per heavy atom. The molecule has 2 rings (SSSR count). The summed E-state index contributed by atoms with van der Waals surface area (Å²) in [5, 5.41) is 16.8. The van der Waals surface area contributed by atoms with Gasteiger partial charge in [0.1, 0.15) is 4.88 Å². The van der Waals surface area contributed by atoms with Gasteiger partial charge >= 0.3 is 0 Å². The fourth-order valence-electron chi connectivity index (χ4n) is 2.87. The Morgan fingerprint density at radius 2 is 2.00 bits per heavy atom. The molecule has 0 radical (unpaired) electrons. The van der Waals surface area contributed by atoms with Crippen molar-refractivity contribution in [2.24, 2.45) is 5.41 Å². The van der Waals surface area contributed by atoms with Gasteiger partial charge in [0.05, 0.1) is 12.3 Å². The molecular weight excluding hydrogens is 286 g/mol. The van der Waals surface area contributed by atoms with E-state index in [2.05, 4.69) is 14.9 Å². The first-order chi connectivity index (χ1) is 9.88. The maximum atomic E-state index is 12.4. The number of rotatable bonds is 4. The van der Waals surface area contributed by atoms with E-state index in [1.807, 2.05) is 20.8 Å². The van der Waals surface area contributed by atoms with Crippen molar-refractivity contribution in [3.05, 3.63) is 10.6 Å². The molecule has 0 aromatic carbocycles. The molecule has 1 aliphatic rings. The van der Waals surface area contributed by atoms with Crippen LogP contribution in [0.3, 0.4) is 0 Å². The summed E-state index contributed by atoms with van der Waals surface area (Å²) in [4.78, 5) is 13.0. The molecule has 0 spiro atoms. The highest BCUT2D eigenvalue weighted by Crippen LogP contribution is 2.35. The van der Waals surface area contributed by atoms with Gasteiger partial charge in [-0.25, -0.2) is 0 Å². The minimum Gasteiger partial charge on any atom is -0.396 e. The highest BCUT2D eigenvalue weighted by molar-refractivity contribution is 7.08. The molecule has 0 aliphatic heterocycles. The number of carbonyl (C=O) groups excluding carboxylic acids is 1. The number of hydrogen-bond acceptors (Lipinski definition) is 5. The zero-order valence-corrected chi connectivity index (χ0v) is 13.9.